The van der Waals surface area contributed by atoms with Crippen molar-refractivity contribution in [3.63, 3.8) is 0 Å². The van der Waals surface area contributed by atoms with Crippen molar-refractivity contribution in [2.45, 2.75) is 33.1 Å². The molecule has 0 spiro atoms. The molecular weight excluding hydrogens is 338 g/mol. The number of hydrogen-bond donors (Lipinski definition) is 1. The Labute approximate surface area is 152 Å². The summed E-state index contributed by atoms with van der Waals surface area (Å²) in [6.07, 6.45) is 2.90. The van der Waals surface area contributed by atoms with E-state index in [1.807, 2.05) is 46.1 Å². The van der Waals surface area contributed by atoms with E-state index in [0.717, 1.165) is 24.1 Å². The summed E-state index contributed by atoms with van der Waals surface area (Å²) in [5.41, 5.74) is 2.69. The van der Waals surface area contributed by atoms with Crippen LogP contribution in [0.5, 0.6) is 0 Å². The highest BCUT2D eigenvalue weighted by atomic mass is 32.2. The number of rotatable bonds is 10. The van der Waals surface area contributed by atoms with Gasteiger partial charge in [-0.05, 0) is 70.6 Å². The van der Waals surface area contributed by atoms with Crippen molar-refractivity contribution < 1.29 is 13.2 Å². The maximum absolute atomic E-state index is 12.1. The molecule has 1 rings (SSSR count). The van der Waals surface area contributed by atoms with Gasteiger partial charge in [-0.15, -0.1) is 0 Å². The molecule has 25 heavy (non-hydrogen) atoms. The summed E-state index contributed by atoms with van der Waals surface area (Å²) < 4.78 is 25.6. The summed E-state index contributed by atoms with van der Waals surface area (Å²) in [6, 6.07) is 5.72. The van der Waals surface area contributed by atoms with Crippen LogP contribution >= 0.6 is 0 Å². The minimum atomic E-state index is -3.38. The van der Waals surface area contributed by atoms with Crippen molar-refractivity contribution in [3.05, 3.63) is 29.3 Å². The number of amides is 1. The fourth-order valence-corrected chi connectivity index (χ4v) is 3.62. The molecule has 1 N–H and O–H groups in total. The Morgan fingerprint density at radius 2 is 1.64 bits per heavy atom. The molecule has 0 heterocycles. The van der Waals surface area contributed by atoms with Gasteiger partial charge in [0.05, 0.1) is 11.9 Å². The second kappa shape index (κ2) is 9.77. The molecular formula is C18H31N3O3S. The summed E-state index contributed by atoms with van der Waals surface area (Å²) in [4.78, 5) is 13.9. The molecule has 1 aromatic rings. The Balaban J connectivity index is 2.56. The Hall–Kier alpha value is -1.60. The summed E-state index contributed by atoms with van der Waals surface area (Å²) in [7, 11) is 0.606. The zero-order chi connectivity index (χ0) is 19.0. The first-order chi connectivity index (χ1) is 11.6. The van der Waals surface area contributed by atoms with Gasteiger partial charge in [-0.25, -0.2) is 8.42 Å². The van der Waals surface area contributed by atoms with Crippen LogP contribution in [0.4, 0.5) is 5.69 Å². The van der Waals surface area contributed by atoms with Gasteiger partial charge in [-0.3, -0.25) is 9.10 Å². The lowest BCUT2D eigenvalue weighted by molar-refractivity contribution is -0.121. The first-order valence-corrected chi connectivity index (χ1v) is 10.4. The Morgan fingerprint density at radius 1 is 1.04 bits per heavy atom. The average molecular weight is 370 g/mol. The molecule has 0 saturated heterocycles. The molecule has 1 aromatic carbocycles. The quantitative estimate of drug-likeness (QED) is 0.640. The molecule has 0 bridgehead atoms. The minimum Gasteiger partial charge on any atom is -0.356 e. The molecule has 0 atom stereocenters. The highest BCUT2D eigenvalue weighted by Gasteiger charge is 2.18. The van der Waals surface area contributed by atoms with Crippen LogP contribution in [0.1, 0.15) is 30.4 Å². The smallest absolute Gasteiger partial charge is 0.232 e. The fourth-order valence-electron chi connectivity index (χ4n) is 2.68. The monoisotopic (exact) mass is 369 g/mol. The van der Waals surface area contributed by atoms with Gasteiger partial charge in [0.15, 0.2) is 0 Å². The van der Waals surface area contributed by atoms with Gasteiger partial charge in [0.1, 0.15) is 0 Å². The van der Waals surface area contributed by atoms with E-state index in [2.05, 4.69) is 10.2 Å². The second-order valence-electron chi connectivity index (χ2n) is 6.79. The summed E-state index contributed by atoms with van der Waals surface area (Å²) in [6.45, 7) is 5.75. The van der Waals surface area contributed by atoms with Gasteiger partial charge in [0, 0.05) is 19.5 Å². The van der Waals surface area contributed by atoms with Crippen LogP contribution < -0.4 is 9.62 Å². The van der Waals surface area contributed by atoms with Gasteiger partial charge in [0.25, 0.3) is 0 Å². The van der Waals surface area contributed by atoms with Crippen LogP contribution in [0.25, 0.3) is 0 Å². The van der Waals surface area contributed by atoms with E-state index in [0.29, 0.717) is 31.6 Å². The molecule has 7 heteroatoms. The Kier molecular flexibility index (Phi) is 8.38. The number of carbonyl (C=O) groups excluding carboxylic acids is 1. The lowest BCUT2D eigenvalue weighted by atomic mass is 10.1. The van der Waals surface area contributed by atoms with E-state index >= 15 is 0 Å². The molecule has 142 valence electrons. The Morgan fingerprint density at radius 3 is 2.16 bits per heavy atom. The van der Waals surface area contributed by atoms with Crippen LogP contribution in [0, 0.1) is 13.8 Å². The highest BCUT2D eigenvalue weighted by Crippen LogP contribution is 2.21. The number of anilines is 1. The zero-order valence-corrected chi connectivity index (χ0v) is 16.8. The van der Waals surface area contributed by atoms with Crippen LogP contribution in [-0.2, 0) is 14.8 Å². The van der Waals surface area contributed by atoms with Crippen molar-refractivity contribution in [1.29, 1.82) is 0 Å². The highest BCUT2D eigenvalue weighted by molar-refractivity contribution is 7.92. The first-order valence-electron chi connectivity index (χ1n) is 8.57. The minimum absolute atomic E-state index is 0.0346. The van der Waals surface area contributed by atoms with Crippen LogP contribution in [-0.4, -0.2) is 59.2 Å². The number of nitrogens with one attached hydrogen (secondary N) is 1. The number of sulfonamides is 1. The molecule has 1 amide bonds. The van der Waals surface area contributed by atoms with Crippen molar-refractivity contribution in [2.75, 3.05) is 44.3 Å². The number of nitrogens with zero attached hydrogens (tertiary/aromatic N) is 2. The van der Waals surface area contributed by atoms with Gasteiger partial charge in [-0.1, -0.05) is 6.07 Å². The second-order valence-corrected chi connectivity index (χ2v) is 8.70. The van der Waals surface area contributed by atoms with E-state index in [-0.39, 0.29) is 5.91 Å². The predicted molar refractivity (Wildman–Crippen MR) is 104 cm³/mol. The van der Waals surface area contributed by atoms with E-state index < -0.39 is 10.0 Å². The summed E-state index contributed by atoms with van der Waals surface area (Å²) in [5, 5.41) is 2.87. The van der Waals surface area contributed by atoms with E-state index in [9.17, 15) is 13.2 Å². The van der Waals surface area contributed by atoms with Crippen molar-refractivity contribution in [1.82, 2.24) is 10.2 Å². The standard InChI is InChI=1S/C18H31N3O3S/c1-15-12-16(2)14-17(13-15)21(25(5,23)24)11-6-8-18(22)19-9-7-10-20(3)4/h12-14H,6-11H2,1-5H3,(H,19,22). The SMILES string of the molecule is Cc1cc(C)cc(N(CCCC(=O)NCCCN(C)C)S(C)(=O)=O)c1. The lowest BCUT2D eigenvalue weighted by Crippen LogP contribution is -2.32. The number of hydrogen-bond acceptors (Lipinski definition) is 4. The molecule has 0 aliphatic carbocycles. The third-order valence-electron chi connectivity index (χ3n) is 3.76. The summed E-state index contributed by atoms with van der Waals surface area (Å²) >= 11 is 0. The van der Waals surface area contributed by atoms with E-state index in [1.165, 1.54) is 10.6 Å². The normalized spacial score (nSPS) is 11.6. The largest absolute Gasteiger partial charge is 0.356 e. The number of carbonyl (C=O) groups is 1. The third kappa shape index (κ3) is 8.36. The van der Waals surface area contributed by atoms with Crippen molar-refractivity contribution in [3.8, 4) is 0 Å². The van der Waals surface area contributed by atoms with Crippen molar-refractivity contribution >= 4 is 21.6 Å². The van der Waals surface area contributed by atoms with Crippen LogP contribution in [0.3, 0.4) is 0 Å². The summed E-state index contributed by atoms with van der Waals surface area (Å²) in [5.74, 6) is -0.0346. The van der Waals surface area contributed by atoms with Gasteiger partial charge in [0.2, 0.25) is 15.9 Å². The average Bonchev–Trinajstić information content (AvgIpc) is 2.45. The molecule has 0 unspecified atom stereocenters. The van der Waals surface area contributed by atoms with E-state index in [4.69, 9.17) is 0 Å². The molecule has 0 aliphatic rings. The Bertz CT molecular complexity index is 652. The molecule has 6 nitrogen and oxygen atoms in total. The molecule has 0 aromatic heterocycles. The third-order valence-corrected chi connectivity index (χ3v) is 4.96. The number of aryl methyl sites for hydroxylation is 2. The molecule has 0 saturated carbocycles. The van der Waals surface area contributed by atoms with Crippen molar-refractivity contribution in [2.24, 2.45) is 0 Å². The molecule has 0 fully saturated rings. The number of benzene rings is 1. The lowest BCUT2D eigenvalue weighted by Gasteiger charge is -2.23. The van der Waals surface area contributed by atoms with E-state index in [1.54, 1.807) is 0 Å². The maximum Gasteiger partial charge on any atom is 0.232 e. The maximum atomic E-state index is 12.1. The predicted octanol–water partition coefficient (Wildman–Crippen LogP) is 1.92. The topological polar surface area (TPSA) is 69.7 Å². The van der Waals surface area contributed by atoms with Crippen LogP contribution in [0.2, 0.25) is 0 Å². The molecule has 0 aliphatic heterocycles. The van der Waals surface area contributed by atoms with Crippen LogP contribution in [0.15, 0.2) is 18.2 Å². The van der Waals surface area contributed by atoms with Gasteiger partial charge >= 0.3 is 0 Å². The fraction of sp³-hybridized carbons (Fsp3) is 0.611. The first kappa shape index (κ1) is 21.4. The zero-order valence-electron chi connectivity index (χ0n) is 16.0. The molecule has 0 radical (unpaired) electrons. The van der Waals surface area contributed by atoms with Gasteiger partial charge < -0.3 is 10.2 Å². The van der Waals surface area contributed by atoms with Gasteiger partial charge in [-0.2, -0.15) is 0 Å².